The van der Waals surface area contributed by atoms with Crippen molar-refractivity contribution < 1.29 is 5.11 Å². The predicted octanol–water partition coefficient (Wildman–Crippen LogP) is 0.741. The predicted molar refractivity (Wildman–Crippen MR) is 69.3 cm³/mol. The number of halogens is 1. The maximum absolute atomic E-state index is 10.0. The standard InChI is InChI=1S/C11H21ClN4O/c1-4-13-8-10(17)11-9(12)7-14-16(11)6-5-15(2)3/h7,10,13,17H,4-6,8H2,1-3H3. The van der Waals surface area contributed by atoms with Crippen molar-refractivity contribution in [3.8, 4) is 0 Å². The van der Waals surface area contributed by atoms with E-state index >= 15 is 0 Å². The molecule has 1 unspecified atom stereocenters. The second-order valence-corrected chi connectivity index (χ2v) is 4.63. The number of rotatable bonds is 7. The second kappa shape index (κ2) is 6.96. The molecule has 1 rings (SSSR count). The van der Waals surface area contributed by atoms with Crippen molar-refractivity contribution in [3.05, 3.63) is 16.9 Å². The van der Waals surface area contributed by atoms with Crippen LogP contribution in [0.5, 0.6) is 0 Å². The van der Waals surface area contributed by atoms with Crippen molar-refractivity contribution in [1.82, 2.24) is 20.0 Å². The molecule has 0 saturated heterocycles. The van der Waals surface area contributed by atoms with Gasteiger partial charge in [0.15, 0.2) is 0 Å². The second-order valence-electron chi connectivity index (χ2n) is 4.23. The van der Waals surface area contributed by atoms with E-state index < -0.39 is 6.10 Å². The van der Waals surface area contributed by atoms with Gasteiger partial charge in [-0.1, -0.05) is 18.5 Å². The Morgan fingerprint density at radius 1 is 1.59 bits per heavy atom. The van der Waals surface area contributed by atoms with Gasteiger partial charge in [0.05, 0.1) is 23.5 Å². The normalized spacial score (nSPS) is 13.3. The Morgan fingerprint density at radius 2 is 2.29 bits per heavy atom. The Balaban J connectivity index is 2.71. The molecule has 2 N–H and O–H groups in total. The highest BCUT2D eigenvalue weighted by atomic mass is 35.5. The smallest absolute Gasteiger partial charge is 0.110 e. The summed E-state index contributed by atoms with van der Waals surface area (Å²) in [4.78, 5) is 2.07. The molecular weight excluding hydrogens is 240 g/mol. The number of nitrogens with zero attached hydrogens (tertiary/aromatic N) is 3. The Morgan fingerprint density at radius 3 is 2.88 bits per heavy atom. The molecule has 0 aliphatic rings. The zero-order valence-electron chi connectivity index (χ0n) is 10.6. The lowest BCUT2D eigenvalue weighted by Crippen LogP contribution is -2.25. The van der Waals surface area contributed by atoms with E-state index in [1.165, 1.54) is 0 Å². The molecule has 0 aliphatic heterocycles. The van der Waals surface area contributed by atoms with Gasteiger partial charge in [0.2, 0.25) is 0 Å². The lowest BCUT2D eigenvalue weighted by molar-refractivity contribution is 0.163. The average Bonchev–Trinajstić information content (AvgIpc) is 2.64. The summed E-state index contributed by atoms with van der Waals surface area (Å²) < 4.78 is 1.77. The monoisotopic (exact) mass is 260 g/mol. The number of hydrogen-bond donors (Lipinski definition) is 2. The van der Waals surface area contributed by atoms with Gasteiger partial charge in [-0.3, -0.25) is 4.68 Å². The van der Waals surface area contributed by atoms with Gasteiger partial charge in [-0.05, 0) is 20.6 Å². The lowest BCUT2D eigenvalue weighted by Gasteiger charge is -2.16. The summed E-state index contributed by atoms with van der Waals surface area (Å²) in [5.74, 6) is 0. The number of hydrogen-bond acceptors (Lipinski definition) is 4. The third kappa shape index (κ3) is 4.27. The minimum Gasteiger partial charge on any atom is -0.385 e. The fourth-order valence-corrected chi connectivity index (χ4v) is 1.82. The molecule has 0 saturated carbocycles. The molecule has 5 nitrogen and oxygen atoms in total. The Hall–Kier alpha value is -0.620. The van der Waals surface area contributed by atoms with Crippen LogP contribution in [0.3, 0.4) is 0 Å². The summed E-state index contributed by atoms with van der Waals surface area (Å²) >= 11 is 6.05. The van der Waals surface area contributed by atoms with E-state index in [-0.39, 0.29) is 0 Å². The van der Waals surface area contributed by atoms with Gasteiger partial charge in [-0.15, -0.1) is 0 Å². The highest BCUT2D eigenvalue weighted by Crippen LogP contribution is 2.22. The van der Waals surface area contributed by atoms with Crippen molar-refractivity contribution in [2.45, 2.75) is 19.6 Å². The van der Waals surface area contributed by atoms with Gasteiger partial charge >= 0.3 is 0 Å². The van der Waals surface area contributed by atoms with Crippen molar-refractivity contribution in [1.29, 1.82) is 0 Å². The van der Waals surface area contributed by atoms with E-state index in [0.29, 0.717) is 17.3 Å². The summed E-state index contributed by atoms with van der Waals surface area (Å²) in [5.41, 5.74) is 0.689. The van der Waals surface area contributed by atoms with Crippen molar-refractivity contribution in [2.75, 3.05) is 33.7 Å². The van der Waals surface area contributed by atoms with E-state index in [1.54, 1.807) is 10.9 Å². The summed E-state index contributed by atoms with van der Waals surface area (Å²) in [7, 11) is 4.00. The molecule has 0 fully saturated rings. The third-order valence-corrected chi connectivity index (χ3v) is 2.79. The SMILES string of the molecule is CCNCC(O)c1c(Cl)cnn1CCN(C)C. The van der Waals surface area contributed by atoms with Crippen LogP contribution in [0.4, 0.5) is 0 Å². The number of aliphatic hydroxyl groups is 1. The molecule has 0 spiro atoms. The molecular formula is C11H21ClN4O. The summed E-state index contributed by atoms with van der Waals surface area (Å²) in [6.45, 7) is 4.89. The van der Waals surface area contributed by atoms with Crippen molar-refractivity contribution in [2.24, 2.45) is 0 Å². The molecule has 1 aromatic rings. The quantitative estimate of drug-likeness (QED) is 0.759. The molecule has 0 radical (unpaired) electrons. The van der Waals surface area contributed by atoms with Gasteiger partial charge in [-0.2, -0.15) is 5.10 Å². The molecule has 0 aromatic carbocycles. The number of aliphatic hydroxyl groups excluding tert-OH is 1. The van der Waals surface area contributed by atoms with Gasteiger partial charge in [-0.25, -0.2) is 0 Å². The van der Waals surface area contributed by atoms with Crippen molar-refractivity contribution in [3.63, 3.8) is 0 Å². The number of likely N-dealkylation sites (N-methyl/N-ethyl adjacent to an activating group) is 2. The summed E-state index contributed by atoms with van der Waals surface area (Å²) in [6.07, 6.45) is 0.967. The molecule has 0 bridgehead atoms. The van der Waals surface area contributed by atoms with Crippen LogP contribution in [0.15, 0.2) is 6.20 Å². The van der Waals surface area contributed by atoms with Crippen LogP contribution in [-0.4, -0.2) is 53.5 Å². The van der Waals surface area contributed by atoms with Gasteiger partial charge in [0.1, 0.15) is 6.10 Å². The first-order valence-electron chi connectivity index (χ1n) is 5.81. The van der Waals surface area contributed by atoms with E-state index in [2.05, 4.69) is 15.3 Å². The van der Waals surface area contributed by atoms with Crippen LogP contribution < -0.4 is 5.32 Å². The lowest BCUT2D eigenvalue weighted by atomic mass is 10.2. The van der Waals surface area contributed by atoms with Crippen LogP contribution in [0, 0.1) is 0 Å². The zero-order valence-corrected chi connectivity index (χ0v) is 11.4. The van der Waals surface area contributed by atoms with Crippen LogP contribution in [0.2, 0.25) is 5.02 Å². The van der Waals surface area contributed by atoms with Crippen molar-refractivity contribution >= 4 is 11.6 Å². The molecule has 0 amide bonds. The minimum absolute atomic E-state index is 0.490. The Kier molecular flexibility index (Phi) is 5.91. The molecule has 1 atom stereocenters. The Labute approximate surface area is 107 Å². The van der Waals surface area contributed by atoms with E-state index in [4.69, 9.17) is 11.6 Å². The first-order chi connectivity index (χ1) is 8.06. The van der Waals surface area contributed by atoms with Crippen LogP contribution in [0.1, 0.15) is 18.7 Å². The molecule has 17 heavy (non-hydrogen) atoms. The highest BCUT2D eigenvalue weighted by molar-refractivity contribution is 6.31. The van der Waals surface area contributed by atoms with E-state index in [1.807, 2.05) is 21.0 Å². The fraction of sp³-hybridized carbons (Fsp3) is 0.727. The minimum atomic E-state index is -0.618. The molecule has 0 aliphatic carbocycles. The maximum atomic E-state index is 10.0. The van der Waals surface area contributed by atoms with Gasteiger partial charge in [0, 0.05) is 13.1 Å². The van der Waals surface area contributed by atoms with Gasteiger partial charge in [0.25, 0.3) is 0 Å². The molecule has 98 valence electrons. The molecule has 1 heterocycles. The largest absolute Gasteiger partial charge is 0.385 e. The highest BCUT2D eigenvalue weighted by Gasteiger charge is 2.17. The molecule has 1 aromatic heterocycles. The van der Waals surface area contributed by atoms with E-state index in [0.717, 1.165) is 19.6 Å². The first kappa shape index (κ1) is 14.4. The van der Waals surface area contributed by atoms with E-state index in [9.17, 15) is 5.11 Å². The van der Waals surface area contributed by atoms with Gasteiger partial charge < -0.3 is 15.3 Å². The maximum Gasteiger partial charge on any atom is 0.110 e. The molecule has 6 heteroatoms. The number of nitrogens with one attached hydrogen (secondary N) is 1. The first-order valence-corrected chi connectivity index (χ1v) is 6.18. The zero-order chi connectivity index (χ0) is 12.8. The fourth-order valence-electron chi connectivity index (χ4n) is 1.55. The number of aromatic nitrogens is 2. The summed E-state index contributed by atoms with van der Waals surface area (Å²) in [6, 6.07) is 0. The van der Waals surface area contributed by atoms with Crippen LogP contribution in [0.25, 0.3) is 0 Å². The third-order valence-electron chi connectivity index (χ3n) is 2.50. The topological polar surface area (TPSA) is 53.3 Å². The van der Waals surface area contributed by atoms with Crippen LogP contribution in [-0.2, 0) is 6.54 Å². The summed E-state index contributed by atoms with van der Waals surface area (Å²) in [5, 5.41) is 17.9. The Bertz CT molecular complexity index is 340. The average molecular weight is 261 g/mol. The van der Waals surface area contributed by atoms with Crippen LogP contribution >= 0.6 is 11.6 Å².